The van der Waals surface area contributed by atoms with Crippen LogP contribution in [0.1, 0.15) is 0 Å². The van der Waals surface area contributed by atoms with Gasteiger partial charge in [-0.25, -0.2) is 0 Å². The van der Waals surface area contributed by atoms with E-state index in [0.717, 1.165) is 7.05 Å². The van der Waals surface area contributed by atoms with Gasteiger partial charge in [0, 0.05) is 7.05 Å². The molecule has 0 aliphatic heterocycles. The van der Waals surface area contributed by atoms with Gasteiger partial charge in [-0.3, -0.25) is 4.31 Å². The highest BCUT2D eigenvalue weighted by Crippen LogP contribution is 2.57. The highest BCUT2D eigenvalue weighted by molar-refractivity contribution is 8.22. The van der Waals surface area contributed by atoms with Gasteiger partial charge in [0.25, 0.3) is 0 Å². The van der Waals surface area contributed by atoms with Gasteiger partial charge >= 0.3 is 11.4 Å². The Balaban J connectivity index is 2.86. The van der Waals surface area contributed by atoms with Gasteiger partial charge < -0.3 is 0 Å². The molecule has 0 spiro atoms. The molecule has 1 nitrogen and oxygen atoms in total. The van der Waals surface area contributed by atoms with Gasteiger partial charge in [0.2, 0.25) is 0 Å². The third-order valence-electron chi connectivity index (χ3n) is 1.43. The fourth-order valence-corrected chi connectivity index (χ4v) is 1.12. The molecule has 1 rings (SSSR count). The van der Waals surface area contributed by atoms with Crippen LogP contribution in [0, 0.1) is 0 Å². The van der Waals surface area contributed by atoms with Crippen LogP contribution >= 0.6 is 11.4 Å². The van der Waals surface area contributed by atoms with Crippen LogP contribution in [0.5, 0.6) is 0 Å². The van der Waals surface area contributed by atoms with Gasteiger partial charge in [0.1, 0.15) is 0 Å². The van der Waals surface area contributed by atoms with Crippen molar-refractivity contribution in [3.05, 3.63) is 30.3 Å². The molecule has 0 unspecified atom stereocenters. The molecule has 12 heavy (non-hydrogen) atoms. The normalized spacial score (nSPS) is 12.7. The fraction of sp³-hybridized carbons (Fsp3) is 0.143. The van der Waals surface area contributed by atoms with E-state index in [2.05, 4.69) is 0 Å². The Hall–Kier alpha value is -0.840. The van der Waals surface area contributed by atoms with Crippen molar-refractivity contribution in [1.82, 2.24) is 0 Å². The lowest BCUT2D eigenvalue weighted by molar-refractivity contribution is 0.629. The molecular weight excluding hydrogens is 187 g/mol. The van der Waals surface area contributed by atoms with E-state index in [0.29, 0.717) is 4.31 Å². The smallest absolute Gasteiger partial charge is 0.264 e. The zero-order valence-electron chi connectivity index (χ0n) is 6.38. The summed E-state index contributed by atoms with van der Waals surface area (Å²) < 4.78 is 36.8. The van der Waals surface area contributed by atoms with Crippen LogP contribution in [0.4, 0.5) is 17.3 Å². The molecule has 0 fully saturated rings. The number of halogens is 3. The molecule has 0 aromatic heterocycles. The lowest BCUT2D eigenvalue weighted by Crippen LogP contribution is -2.12. The second kappa shape index (κ2) is 3.26. The zero-order chi connectivity index (χ0) is 9.19. The number of rotatable bonds is 2. The van der Waals surface area contributed by atoms with E-state index in [1.165, 1.54) is 12.1 Å². The number of para-hydroxylation sites is 1. The van der Waals surface area contributed by atoms with Crippen molar-refractivity contribution < 1.29 is 11.7 Å². The summed E-state index contributed by atoms with van der Waals surface area (Å²) in [5, 5.41) is 0. The summed E-state index contributed by atoms with van der Waals surface area (Å²) in [6, 6.07) is 7.71. The first-order chi connectivity index (χ1) is 5.52. The topological polar surface area (TPSA) is 3.24 Å². The van der Waals surface area contributed by atoms with Crippen LogP contribution in [0.15, 0.2) is 30.3 Å². The van der Waals surface area contributed by atoms with Crippen molar-refractivity contribution in [2.75, 3.05) is 11.4 Å². The lowest BCUT2D eigenvalue weighted by atomic mass is 10.3. The van der Waals surface area contributed by atoms with E-state index < -0.39 is 11.4 Å². The molecular formula is C7H8F3NS. The predicted molar refractivity (Wildman–Crippen MR) is 45.8 cm³/mol. The molecule has 0 amide bonds. The van der Waals surface area contributed by atoms with E-state index in [1.807, 2.05) is 0 Å². The van der Waals surface area contributed by atoms with E-state index in [9.17, 15) is 11.7 Å². The molecule has 0 aliphatic carbocycles. The standard InChI is InChI=1S/C7H8F3NS/c1-11(12(8,9)10)7-5-3-2-4-6-7/h2-6H,1H3. The molecule has 0 aliphatic rings. The molecule has 0 saturated carbocycles. The van der Waals surface area contributed by atoms with Gasteiger partial charge in [-0.15, -0.1) is 11.7 Å². The number of nitrogens with zero attached hydrogens (tertiary/aromatic N) is 1. The van der Waals surface area contributed by atoms with E-state index in [1.54, 1.807) is 18.2 Å². The Labute approximate surface area is 71.1 Å². The average Bonchev–Trinajstić information content (AvgIpc) is 2.03. The van der Waals surface area contributed by atoms with Gasteiger partial charge in [-0.2, -0.15) is 0 Å². The highest BCUT2D eigenvalue weighted by atomic mass is 32.3. The number of hydrogen-bond acceptors (Lipinski definition) is 1. The van der Waals surface area contributed by atoms with Gasteiger partial charge in [-0.05, 0) is 12.1 Å². The van der Waals surface area contributed by atoms with Crippen LogP contribution in [0.25, 0.3) is 0 Å². The molecule has 1 aromatic carbocycles. The van der Waals surface area contributed by atoms with Gasteiger partial charge in [0.05, 0.1) is 5.69 Å². The molecule has 0 atom stereocenters. The summed E-state index contributed by atoms with van der Waals surface area (Å²) in [6.07, 6.45) is 0. The summed E-state index contributed by atoms with van der Waals surface area (Å²) >= 11 is -5.12. The first-order valence-corrected chi connectivity index (χ1v) is 4.52. The lowest BCUT2D eigenvalue weighted by Gasteiger charge is -2.24. The summed E-state index contributed by atoms with van der Waals surface area (Å²) in [5.41, 5.74) is 0.181. The Morgan fingerprint density at radius 2 is 1.58 bits per heavy atom. The van der Waals surface area contributed by atoms with Crippen molar-refractivity contribution in [3.8, 4) is 0 Å². The minimum atomic E-state index is -5.12. The third-order valence-corrected chi connectivity index (χ3v) is 2.26. The molecule has 0 radical (unpaired) electrons. The van der Waals surface area contributed by atoms with Crippen molar-refractivity contribution >= 4 is 17.1 Å². The molecule has 5 heteroatoms. The Morgan fingerprint density at radius 1 is 1.08 bits per heavy atom. The van der Waals surface area contributed by atoms with Crippen molar-refractivity contribution in [2.24, 2.45) is 0 Å². The maximum Gasteiger partial charge on any atom is 0.301 e. The first-order valence-electron chi connectivity index (χ1n) is 3.23. The van der Waals surface area contributed by atoms with Crippen LogP contribution in [-0.2, 0) is 0 Å². The largest absolute Gasteiger partial charge is 0.301 e. The Bertz CT molecular complexity index is 247. The van der Waals surface area contributed by atoms with E-state index in [-0.39, 0.29) is 5.69 Å². The molecule has 0 saturated heterocycles. The number of benzene rings is 1. The van der Waals surface area contributed by atoms with Crippen LogP contribution in [0.3, 0.4) is 0 Å². The van der Waals surface area contributed by atoms with Crippen molar-refractivity contribution in [2.45, 2.75) is 0 Å². The van der Waals surface area contributed by atoms with E-state index >= 15 is 0 Å². The average molecular weight is 195 g/mol. The van der Waals surface area contributed by atoms with Crippen molar-refractivity contribution in [1.29, 1.82) is 0 Å². The number of hydrogen-bond donors (Lipinski definition) is 0. The van der Waals surface area contributed by atoms with Crippen molar-refractivity contribution in [3.63, 3.8) is 0 Å². The molecule has 68 valence electrons. The van der Waals surface area contributed by atoms with Crippen LogP contribution in [-0.4, -0.2) is 7.05 Å². The minimum Gasteiger partial charge on any atom is -0.264 e. The summed E-state index contributed by atoms with van der Waals surface area (Å²) in [4.78, 5) is 0. The number of anilines is 1. The first kappa shape index (κ1) is 9.25. The molecule has 0 heterocycles. The summed E-state index contributed by atoms with van der Waals surface area (Å²) in [5.74, 6) is 0. The predicted octanol–water partition coefficient (Wildman–Crippen LogP) is 3.50. The third kappa shape index (κ3) is 2.07. The second-order valence-corrected chi connectivity index (χ2v) is 3.53. The van der Waals surface area contributed by atoms with Gasteiger partial charge in [0.15, 0.2) is 0 Å². The zero-order valence-corrected chi connectivity index (χ0v) is 7.19. The Kier molecular flexibility index (Phi) is 2.52. The maximum atomic E-state index is 12.1. The SMILES string of the molecule is CN(c1ccccc1)S(F)(F)F. The second-order valence-electron chi connectivity index (χ2n) is 2.22. The highest BCUT2D eigenvalue weighted by Gasteiger charge is 2.27. The van der Waals surface area contributed by atoms with Gasteiger partial charge in [-0.1, -0.05) is 18.2 Å². The quantitative estimate of drug-likeness (QED) is 0.698. The molecule has 0 N–H and O–H groups in total. The summed E-state index contributed by atoms with van der Waals surface area (Å²) in [6.45, 7) is 0. The monoisotopic (exact) mass is 195 g/mol. The minimum absolute atomic E-state index is 0.181. The fourth-order valence-electron chi connectivity index (χ4n) is 0.757. The van der Waals surface area contributed by atoms with Crippen LogP contribution in [0.2, 0.25) is 0 Å². The molecule has 1 aromatic rings. The maximum absolute atomic E-state index is 12.1. The molecule has 0 bridgehead atoms. The summed E-state index contributed by atoms with van der Waals surface area (Å²) in [7, 11) is 1.03. The van der Waals surface area contributed by atoms with E-state index in [4.69, 9.17) is 0 Å². The van der Waals surface area contributed by atoms with Crippen LogP contribution < -0.4 is 4.31 Å². The Morgan fingerprint density at radius 3 is 2.00 bits per heavy atom.